The fourth-order valence-electron chi connectivity index (χ4n) is 1.94. The molecule has 3 heteroatoms. The van der Waals surface area contributed by atoms with Gasteiger partial charge in [0, 0.05) is 6.54 Å². The lowest BCUT2D eigenvalue weighted by Crippen LogP contribution is -2.32. The van der Waals surface area contributed by atoms with E-state index in [1.54, 1.807) is 6.92 Å². The van der Waals surface area contributed by atoms with Crippen molar-refractivity contribution in [3.63, 3.8) is 0 Å². The Bertz CT molecular complexity index is 139. The van der Waals surface area contributed by atoms with Crippen molar-refractivity contribution in [3.05, 3.63) is 0 Å². The molecule has 1 aliphatic rings. The van der Waals surface area contributed by atoms with E-state index in [4.69, 9.17) is 5.11 Å². The summed E-state index contributed by atoms with van der Waals surface area (Å²) in [6, 6.07) is 0. The van der Waals surface area contributed by atoms with Crippen molar-refractivity contribution >= 4 is 0 Å². The molecule has 3 N–H and O–H groups in total. The van der Waals surface area contributed by atoms with Gasteiger partial charge in [0.15, 0.2) is 0 Å². The van der Waals surface area contributed by atoms with E-state index >= 15 is 0 Å². The number of aliphatic hydroxyl groups excluding tert-OH is 2. The van der Waals surface area contributed by atoms with Gasteiger partial charge in [0.1, 0.15) is 0 Å². The highest BCUT2D eigenvalue weighted by atomic mass is 16.3. The third kappa shape index (κ3) is 4.60. The van der Waals surface area contributed by atoms with E-state index in [-0.39, 0.29) is 12.2 Å². The highest BCUT2D eigenvalue weighted by Gasteiger charge is 2.19. The molecule has 0 radical (unpaired) electrons. The Balaban J connectivity index is 2.06. The Kier molecular flexibility index (Phi) is 4.70. The quantitative estimate of drug-likeness (QED) is 0.601. The molecule has 0 aromatic heterocycles. The lowest BCUT2D eigenvalue weighted by atomic mass is 9.87. The summed E-state index contributed by atoms with van der Waals surface area (Å²) < 4.78 is 0. The van der Waals surface area contributed by atoms with Crippen molar-refractivity contribution in [2.24, 2.45) is 5.92 Å². The summed E-state index contributed by atoms with van der Waals surface area (Å²) in [5.41, 5.74) is 0. The molecule has 1 aliphatic carbocycles. The fraction of sp³-hybridized carbons (Fsp3) is 1.00. The summed E-state index contributed by atoms with van der Waals surface area (Å²) in [6.07, 6.45) is 3.88. The molecule has 0 heterocycles. The van der Waals surface area contributed by atoms with E-state index in [9.17, 15) is 5.11 Å². The third-order valence-electron chi connectivity index (χ3n) is 2.63. The normalized spacial score (nSPS) is 31.6. The highest BCUT2D eigenvalue weighted by Crippen LogP contribution is 2.23. The van der Waals surface area contributed by atoms with Gasteiger partial charge in [0.25, 0.3) is 0 Å². The predicted molar refractivity (Wildman–Crippen MR) is 52.5 cm³/mol. The van der Waals surface area contributed by atoms with Gasteiger partial charge in [-0.1, -0.05) is 6.42 Å². The van der Waals surface area contributed by atoms with Crippen molar-refractivity contribution < 1.29 is 10.2 Å². The Morgan fingerprint density at radius 1 is 1.46 bits per heavy atom. The van der Waals surface area contributed by atoms with Gasteiger partial charge in [-0.2, -0.15) is 0 Å². The van der Waals surface area contributed by atoms with Gasteiger partial charge in [-0.05, 0) is 38.6 Å². The molecule has 0 amide bonds. The average Bonchev–Trinajstić information content (AvgIpc) is 2.03. The first-order valence-corrected chi connectivity index (χ1v) is 5.25. The maximum absolute atomic E-state index is 9.41. The molecule has 3 atom stereocenters. The molecule has 78 valence electrons. The molecule has 0 bridgehead atoms. The molecule has 0 spiro atoms. The van der Waals surface area contributed by atoms with Crippen LogP contribution in [0, 0.1) is 5.92 Å². The standard InChI is InChI=1S/C10H21NO2/c1-8(12)6-11-7-9-3-2-4-10(13)5-9/h8-13H,2-7H2,1H3. The molecule has 0 saturated heterocycles. The van der Waals surface area contributed by atoms with E-state index < -0.39 is 0 Å². The zero-order valence-corrected chi connectivity index (χ0v) is 8.37. The van der Waals surface area contributed by atoms with Crippen LogP contribution in [-0.4, -0.2) is 35.5 Å². The van der Waals surface area contributed by atoms with E-state index in [1.165, 1.54) is 6.42 Å². The molecule has 1 fully saturated rings. The van der Waals surface area contributed by atoms with Crippen LogP contribution in [0.4, 0.5) is 0 Å². The van der Waals surface area contributed by atoms with Gasteiger partial charge >= 0.3 is 0 Å². The lowest BCUT2D eigenvalue weighted by Gasteiger charge is -2.26. The molecule has 1 saturated carbocycles. The summed E-state index contributed by atoms with van der Waals surface area (Å²) in [5, 5.41) is 21.6. The summed E-state index contributed by atoms with van der Waals surface area (Å²) in [5.74, 6) is 0.600. The number of hydrogen-bond donors (Lipinski definition) is 3. The van der Waals surface area contributed by atoms with E-state index in [1.807, 2.05) is 0 Å². The lowest BCUT2D eigenvalue weighted by molar-refractivity contribution is 0.0989. The molecule has 3 nitrogen and oxygen atoms in total. The highest BCUT2D eigenvalue weighted by molar-refractivity contribution is 4.73. The smallest absolute Gasteiger partial charge is 0.0636 e. The average molecular weight is 187 g/mol. The largest absolute Gasteiger partial charge is 0.393 e. The second kappa shape index (κ2) is 5.58. The van der Waals surface area contributed by atoms with Crippen LogP contribution >= 0.6 is 0 Å². The Morgan fingerprint density at radius 2 is 2.23 bits per heavy atom. The molecule has 13 heavy (non-hydrogen) atoms. The van der Waals surface area contributed by atoms with Crippen molar-refractivity contribution in [3.8, 4) is 0 Å². The van der Waals surface area contributed by atoms with Crippen LogP contribution in [0.25, 0.3) is 0 Å². The minimum atomic E-state index is -0.270. The summed E-state index contributed by atoms with van der Waals surface area (Å²) in [6.45, 7) is 3.37. The van der Waals surface area contributed by atoms with E-state index in [0.29, 0.717) is 12.5 Å². The van der Waals surface area contributed by atoms with Crippen LogP contribution in [0.5, 0.6) is 0 Å². The van der Waals surface area contributed by atoms with Crippen molar-refractivity contribution in [2.45, 2.75) is 44.8 Å². The summed E-state index contributed by atoms with van der Waals surface area (Å²) in [7, 11) is 0. The predicted octanol–water partition coefficient (Wildman–Crippen LogP) is 0.508. The van der Waals surface area contributed by atoms with Crippen LogP contribution in [0.2, 0.25) is 0 Å². The van der Waals surface area contributed by atoms with Crippen molar-refractivity contribution in [2.75, 3.05) is 13.1 Å². The van der Waals surface area contributed by atoms with Gasteiger partial charge in [-0.3, -0.25) is 0 Å². The topological polar surface area (TPSA) is 52.5 Å². The molecule has 0 aliphatic heterocycles. The summed E-state index contributed by atoms with van der Waals surface area (Å²) >= 11 is 0. The third-order valence-corrected chi connectivity index (χ3v) is 2.63. The number of aliphatic hydroxyl groups is 2. The van der Waals surface area contributed by atoms with Gasteiger partial charge in [-0.25, -0.2) is 0 Å². The first kappa shape index (κ1) is 11.0. The van der Waals surface area contributed by atoms with Gasteiger partial charge in [-0.15, -0.1) is 0 Å². The minimum Gasteiger partial charge on any atom is -0.393 e. The molecule has 0 aromatic rings. The molecule has 1 rings (SSSR count). The van der Waals surface area contributed by atoms with Crippen LogP contribution in [0.1, 0.15) is 32.6 Å². The fourth-order valence-corrected chi connectivity index (χ4v) is 1.94. The maximum Gasteiger partial charge on any atom is 0.0636 e. The monoisotopic (exact) mass is 187 g/mol. The minimum absolute atomic E-state index is 0.0906. The van der Waals surface area contributed by atoms with Crippen LogP contribution < -0.4 is 5.32 Å². The van der Waals surface area contributed by atoms with Gasteiger partial charge in [0.2, 0.25) is 0 Å². The second-order valence-electron chi connectivity index (χ2n) is 4.19. The zero-order valence-electron chi connectivity index (χ0n) is 8.37. The number of rotatable bonds is 4. The maximum atomic E-state index is 9.41. The van der Waals surface area contributed by atoms with Crippen LogP contribution in [0.15, 0.2) is 0 Å². The van der Waals surface area contributed by atoms with E-state index in [0.717, 1.165) is 25.8 Å². The van der Waals surface area contributed by atoms with E-state index in [2.05, 4.69) is 5.32 Å². The molecular weight excluding hydrogens is 166 g/mol. The number of hydrogen-bond acceptors (Lipinski definition) is 3. The number of nitrogens with one attached hydrogen (secondary N) is 1. The summed E-state index contributed by atoms with van der Waals surface area (Å²) in [4.78, 5) is 0. The van der Waals surface area contributed by atoms with Crippen molar-refractivity contribution in [1.82, 2.24) is 5.32 Å². The second-order valence-corrected chi connectivity index (χ2v) is 4.19. The van der Waals surface area contributed by atoms with Gasteiger partial charge < -0.3 is 15.5 Å². The molecular formula is C10H21NO2. The Labute approximate surface area is 80.2 Å². The van der Waals surface area contributed by atoms with Crippen LogP contribution in [-0.2, 0) is 0 Å². The molecule has 0 aromatic carbocycles. The van der Waals surface area contributed by atoms with Crippen LogP contribution in [0.3, 0.4) is 0 Å². The first-order chi connectivity index (χ1) is 6.18. The Hall–Kier alpha value is -0.120. The van der Waals surface area contributed by atoms with Gasteiger partial charge in [0.05, 0.1) is 12.2 Å². The molecule has 3 unspecified atom stereocenters. The first-order valence-electron chi connectivity index (χ1n) is 5.25. The van der Waals surface area contributed by atoms with Crippen molar-refractivity contribution in [1.29, 1.82) is 0 Å². The Morgan fingerprint density at radius 3 is 2.85 bits per heavy atom. The SMILES string of the molecule is CC(O)CNCC1CCCC(O)C1. The zero-order chi connectivity index (χ0) is 9.68.